The Balaban J connectivity index is 0.00000261. The number of ether oxygens (including phenoxy) is 2. The summed E-state index contributed by atoms with van der Waals surface area (Å²) in [5.74, 6) is 3.25. The third kappa shape index (κ3) is 9.46. The molecule has 0 heterocycles. The van der Waals surface area contributed by atoms with Crippen LogP contribution in [0, 0.1) is 10.8 Å². The average Bonchev–Trinajstić information content (AvgIpc) is 3.17. The van der Waals surface area contributed by atoms with Crippen LogP contribution < -0.4 is 20.1 Å². The van der Waals surface area contributed by atoms with E-state index in [4.69, 9.17) is 20.3 Å². The van der Waals surface area contributed by atoms with Gasteiger partial charge in [-0.25, -0.2) is 0 Å². The highest BCUT2D eigenvalue weighted by molar-refractivity contribution is 6.07. The van der Waals surface area contributed by atoms with Crippen molar-refractivity contribution in [2.75, 3.05) is 10.6 Å². The zero-order chi connectivity index (χ0) is 34.1. The van der Waals surface area contributed by atoms with Crippen LogP contribution in [0.3, 0.4) is 0 Å². The predicted octanol–water partition coefficient (Wildman–Crippen LogP) is 12.3. The number of hydrogen-bond acceptors (Lipinski definition) is 4. The molecule has 8 heteroatoms. The lowest BCUT2D eigenvalue weighted by molar-refractivity contribution is 0.460. The molecule has 0 aromatic heterocycles. The molecule has 7 rings (SSSR count). The van der Waals surface area contributed by atoms with Crippen LogP contribution in [0.15, 0.2) is 182 Å². The molecule has 0 aliphatic heterocycles. The highest BCUT2D eigenvalue weighted by Gasteiger charge is 2.07. The SMILES string of the molecule is Cl.Cl.N=C(Nc1ccc(Oc2cccc(Oc3ccc(NC(=N)c4ccc(-c5ccccc5)cc4)cc3)c2)cc1)c1ccc(-c2ccccc2)cc1. The fourth-order valence-electron chi connectivity index (χ4n) is 5.44. The molecule has 6 nitrogen and oxygen atoms in total. The average molecular weight is 724 g/mol. The maximum Gasteiger partial charge on any atom is 0.131 e. The molecular formula is C44H36Cl2N4O2. The molecule has 0 aliphatic carbocycles. The van der Waals surface area contributed by atoms with Gasteiger partial charge in [0, 0.05) is 28.6 Å². The summed E-state index contributed by atoms with van der Waals surface area (Å²) < 4.78 is 12.2. The second-order valence-electron chi connectivity index (χ2n) is 11.6. The van der Waals surface area contributed by atoms with Crippen molar-refractivity contribution in [1.82, 2.24) is 0 Å². The first kappa shape index (κ1) is 36.9. The molecule has 0 aliphatic rings. The van der Waals surface area contributed by atoms with Crippen molar-refractivity contribution in [2.24, 2.45) is 0 Å². The van der Waals surface area contributed by atoms with E-state index in [1.54, 1.807) is 0 Å². The molecule has 52 heavy (non-hydrogen) atoms. The second kappa shape index (κ2) is 17.5. The summed E-state index contributed by atoms with van der Waals surface area (Å²) in [5.41, 5.74) is 7.71. The normalized spacial score (nSPS) is 10.2. The molecule has 0 saturated carbocycles. The van der Waals surface area contributed by atoms with Crippen molar-refractivity contribution in [3.63, 3.8) is 0 Å². The fraction of sp³-hybridized carbons (Fsp3) is 0. The van der Waals surface area contributed by atoms with Crippen LogP contribution in [0.2, 0.25) is 0 Å². The van der Waals surface area contributed by atoms with Crippen molar-refractivity contribution < 1.29 is 9.47 Å². The maximum atomic E-state index is 8.53. The van der Waals surface area contributed by atoms with E-state index >= 15 is 0 Å². The molecule has 7 aromatic rings. The Bertz CT molecular complexity index is 2050. The first-order chi connectivity index (χ1) is 24.6. The van der Waals surface area contributed by atoms with Gasteiger partial charge in [-0.1, -0.05) is 115 Å². The quantitative estimate of drug-likeness (QED) is 0.0835. The summed E-state index contributed by atoms with van der Waals surface area (Å²) in [6.45, 7) is 0. The van der Waals surface area contributed by atoms with E-state index in [2.05, 4.69) is 34.9 Å². The topological polar surface area (TPSA) is 90.2 Å². The largest absolute Gasteiger partial charge is 0.457 e. The monoisotopic (exact) mass is 722 g/mol. The van der Waals surface area contributed by atoms with Crippen LogP contribution in [-0.4, -0.2) is 11.7 Å². The summed E-state index contributed by atoms with van der Waals surface area (Å²) in [6, 6.07) is 58.8. The summed E-state index contributed by atoms with van der Waals surface area (Å²) in [7, 11) is 0. The van der Waals surface area contributed by atoms with E-state index in [0.29, 0.717) is 34.7 Å². The summed E-state index contributed by atoms with van der Waals surface area (Å²) in [6.07, 6.45) is 0. The van der Waals surface area contributed by atoms with E-state index in [-0.39, 0.29) is 24.8 Å². The van der Waals surface area contributed by atoms with Crippen molar-refractivity contribution in [1.29, 1.82) is 10.8 Å². The Morgan fingerprint density at radius 2 is 0.692 bits per heavy atom. The zero-order valence-corrected chi connectivity index (χ0v) is 29.6. The number of nitrogens with one attached hydrogen (secondary N) is 4. The number of rotatable bonds is 10. The molecule has 4 N–H and O–H groups in total. The maximum absolute atomic E-state index is 8.53. The minimum Gasteiger partial charge on any atom is -0.457 e. The Morgan fingerprint density at radius 3 is 1.06 bits per heavy atom. The van der Waals surface area contributed by atoms with Gasteiger partial charge in [0.1, 0.15) is 34.7 Å². The van der Waals surface area contributed by atoms with Crippen molar-refractivity contribution in [3.8, 4) is 45.3 Å². The van der Waals surface area contributed by atoms with Crippen LogP contribution in [0.25, 0.3) is 22.3 Å². The Hall–Kier alpha value is -6.34. The molecule has 0 unspecified atom stereocenters. The number of amidine groups is 2. The lowest BCUT2D eigenvalue weighted by Gasteiger charge is -2.12. The van der Waals surface area contributed by atoms with Crippen molar-refractivity contribution >= 4 is 47.9 Å². The molecule has 0 bridgehead atoms. The Morgan fingerprint density at radius 1 is 0.346 bits per heavy atom. The van der Waals surface area contributed by atoms with Crippen molar-refractivity contribution in [2.45, 2.75) is 0 Å². The predicted molar refractivity (Wildman–Crippen MR) is 219 cm³/mol. The number of benzene rings is 7. The van der Waals surface area contributed by atoms with E-state index in [1.807, 2.05) is 158 Å². The van der Waals surface area contributed by atoms with Gasteiger partial charge in [-0.05, 0) is 82.9 Å². The smallest absolute Gasteiger partial charge is 0.131 e. The van der Waals surface area contributed by atoms with Gasteiger partial charge in [-0.2, -0.15) is 0 Å². The molecule has 0 spiro atoms. The Labute approximate surface area is 316 Å². The molecule has 0 atom stereocenters. The third-order valence-corrected chi connectivity index (χ3v) is 8.09. The molecule has 0 radical (unpaired) electrons. The second-order valence-corrected chi connectivity index (χ2v) is 11.6. The minimum absolute atomic E-state index is 0. The van der Waals surface area contributed by atoms with Gasteiger partial charge in [0.2, 0.25) is 0 Å². The molecule has 0 saturated heterocycles. The highest BCUT2D eigenvalue weighted by Crippen LogP contribution is 2.30. The van der Waals surface area contributed by atoms with E-state index in [1.165, 1.54) is 0 Å². The van der Waals surface area contributed by atoms with Crippen molar-refractivity contribution in [3.05, 3.63) is 193 Å². The third-order valence-electron chi connectivity index (χ3n) is 8.09. The van der Waals surface area contributed by atoms with Gasteiger partial charge >= 0.3 is 0 Å². The lowest BCUT2D eigenvalue weighted by atomic mass is 10.0. The molecule has 0 fully saturated rings. The molecular weight excluding hydrogens is 687 g/mol. The Kier molecular flexibility index (Phi) is 12.5. The molecule has 7 aromatic carbocycles. The molecule has 258 valence electrons. The lowest BCUT2D eigenvalue weighted by Crippen LogP contribution is -2.11. The standard InChI is InChI=1S/C44H34N4O2.2ClH/c45-43(35-18-14-33(15-19-35)31-8-3-1-4-9-31)47-37-22-26-39(27-23-37)49-41-12-7-13-42(30-41)50-40-28-24-38(25-29-40)48-44(46)36-20-16-34(17-21-36)32-10-5-2-6-11-32;;/h1-30H,(H2,45,47)(H2,46,48);2*1H. The number of anilines is 2. The summed E-state index contributed by atoms with van der Waals surface area (Å²) in [5, 5.41) is 23.4. The number of hydrogen-bond donors (Lipinski definition) is 4. The van der Waals surface area contributed by atoms with Gasteiger partial charge in [-0.3, -0.25) is 10.8 Å². The van der Waals surface area contributed by atoms with Crippen LogP contribution in [0.5, 0.6) is 23.0 Å². The van der Waals surface area contributed by atoms with Gasteiger partial charge < -0.3 is 20.1 Å². The van der Waals surface area contributed by atoms with Crippen LogP contribution in [0.4, 0.5) is 11.4 Å². The van der Waals surface area contributed by atoms with Crippen LogP contribution in [0.1, 0.15) is 11.1 Å². The first-order valence-electron chi connectivity index (χ1n) is 16.2. The van der Waals surface area contributed by atoms with E-state index < -0.39 is 0 Å². The first-order valence-corrected chi connectivity index (χ1v) is 16.2. The van der Waals surface area contributed by atoms with Crippen LogP contribution >= 0.6 is 24.8 Å². The van der Waals surface area contributed by atoms with E-state index in [0.717, 1.165) is 44.8 Å². The molecule has 0 amide bonds. The van der Waals surface area contributed by atoms with Gasteiger partial charge in [0.15, 0.2) is 0 Å². The van der Waals surface area contributed by atoms with Gasteiger partial charge in [0.05, 0.1) is 0 Å². The van der Waals surface area contributed by atoms with Gasteiger partial charge in [0.25, 0.3) is 0 Å². The summed E-state index contributed by atoms with van der Waals surface area (Å²) >= 11 is 0. The summed E-state index contributed by atoms with van der Waals surface area (Å²) in [4.78, 5) is 0. The minimum atomic E-state index is 0. The van der Waals surface area contributed by atoms with Crippen LogP contribution in [-0.2, 0) is 0 Å². The van der Waals surface area contributed by atoms with Gasteiger partial charge in [-0.15, -0.1) is 24.8 Å². The van der Waals surface area contributed by atoms with E-state index in [9.17, 15) is 0 Å². The fourth-order valence-corrected chi connectivity index (χ4v) is 5.44. The highest BCUT2D eigenvalue weighted by atomic mass is 35.5. The number of halogens is 2. The zero-order valence-electron chi connectivity index (χ0n) is 28.0.